The highest BCUT2D eigenvalue weighted by Gasteiger charge is 2.40. The van der Waals surface area contributed by atoms with Crippen LogP contribution in [0.4, 0.5) is 5.13 Å². The number of nitriles is 1. The zero-order chi connectivity index (χ0) is 17.2. The average Bonchev–Trinajstić information content (AvgIpc) is 2.96. The molecule has 0 bridgehead atoms. The third-order valence-electron chi connectivity index (χ3n) is 4.49. The van der Waals surface area contributed by atoms with Gasteiger partial charge in [0, 0.05) is 14.9 Å². The van der Waals surface area contributed by atoms with Gasteiger partial charge in [0.15, 0.2) is 5.13 Å². The van der Waals surface area contributed by atoms with E-state index in [0.29, 0.717) is 18.0 Å². The highest BCUT2D eigenvalue weighted by Crippen LogP contribution is 2.38. The number of nitrogens with zero attached hydrogens (tertiary/aromatic N) is 2. The van der Waals surface area contributed by atoms with Gasteiger partial charge in [0.1, 0.15) is 5.41 Å². The van der Waals surface area contributed by atoms with Crippen molar-refractivity contribution in [2.75, 3.05) is 5.32 Å². The van der Waals surface area contributed by atoms with Crippen molar-refractivity contribution in [3.8, 4) is 17.3 Å². The number of anilines is 1. The van der Waals surface area contributed by atoms with E-state index in [9.17, 15) is 10.1 Å². The molecular formula is C18H18BrN3OS. The number of benzene rings is 1. The molecule has 0 spiro atoms. The summed E-state index contributed by atoms with van der Waals surface area (Å²) < 4.78 is 1.01. The summed E-state index contributed by atoms with van der Waals surface area (Å²) in [4.78, 5) is 18.3. The summed E-state index contributed by atoms with van der Waals surface area (Å²) in [6.45, 7) is 1.99. The van der Waals surface area contributed by atoms with Crippen molar-refractivity contribution in [3.63, 3.8) is 0 Å². The monoisotopic (exact) mass is 403 g/mol. The molecular weight excluding hydrogens is 386 g/mol. The minimum atomic E-state index is -0.893. The lowest BCUT2D eigenvalue weighted by Crippen LogP contribution is -2.36. The largest absolute Gasteiger partial charge is 0.301 e. The molecule has 1 N–H and O–H groups in total. The van der Waals surface area contributed by atoms with Crippen LogP contribution in [0.15, 0.2) is 28.7 Å². The third-order valence-corrected chi connectivity index (χ3v) is 5.91. The second kappa shape index (κ2) is 7.04. The summed E-state index contributed by atoms with van der Waals surface area (Å²) in [6.07, 6.45) is 4.24. The van der Waals surface area contributed by atoms with Gasteiger partial charge in [0.2, 0.25) is 5.91 Å². The van der Waals surface area contributed by atoms with E-state index in [-0.39, 0.29) is 5.91 Å². The molecule has 0 unspecified atom stereocenters. The smallest absolute Gasteiger partial charge is 0.246 e. The average molecular weight is 404 g/mol. The number of amides is 1. The van der Waals surface area contributed by atoms with Crippen molar-refractivity contribution in [2.24, 2.45) is 5.41 Å². The summed E-state index contributed by atoms with van der Waals surface area (Å²) in [5, 5.41) is 13.0. The van der Waals surface area contributed by atoms with Gasteiger partial charge in [0.25, 0.3) is 0 Å². The van der Waals surface area contributed by atoms with Crippen LogP contribution >= 0.6 is 27.3 Å². The van der Waals surface area contributed by atoms with Gasteiger partial charge in [-0.2, -0.15) is 5.26 Å². The Labute approximate surface area is 154 Å². The summed E-state index contributed by atoms with van der Waals surface area (Å²) in [7, 11) is 0. The van der Waals surface area contributed by atoms with E-state index in [4.69, 9.17) is 0 Å². The number of hydrogen-bond donors (Lipinski definition) is 1. The minimum absolute atomic E-state index is 0.208. The first-order valence-electron chi connectivity index (χ1n) is 8.00. The van der Waals surface area contributed by atoms with E-state index in [1.807, 2.05) is 31.2 Å². The normalized spacial score (nSPS) is 16.4. The molecule has 0 radical (unpaired) electrons. The number of carbonyl (C=O) groups excluding carboxylic acids is 1. The Bertz CT molecular complexity index is 786. The SMILES string of the molecule is Cc1sc(NC(=O)C2(C#N)CCCCC2)nc1-c1ccc(Br)cc1. The Hall–Kier alpha value is -1.71. The van der Waals surface area contributed by atoms with Crippen molar-refractivity contribution in [1.82, 2.24) is 4.98 Å². The van der Waals surface area contributed by atoms with Crippen molar-refractivity contribution in [2.45, 2.75) is 39.0 Å². The van der Waals surface area contributed by atoms with E-state index in [1.165, 1.54) is 11.3 Å². The number of thiazole rings is 1. The maximum atomic E-state index is 12.6. The molecule has 1 fully saturated rings. The summed E-state index contributed by atoms with van der Waals surface area (Å²) in [6, 6.07) is 10.2. The molecule has 4 nitrogen and oxygen atoms in total. The highest BCUT2D eigenvalue weighted by atomic mass is 79.9. The number of rotatable bonds is 3. The van der Waals surface area contributed by atoms with Gasteiger partial charge >= 0.3 is 0 Å². The molecule has 0 atom stereocenters. The molecule has 1 heterocycles. The van der Waals surface area contributed by atoms with Crippen LogP contribution in [0.2, 0.25) is 0 Å². The van der Waals surface area contributed by atoms with Crippen LogP contribution < -0.4 is 5.32 Å². The fourth-order valence-electron chi connectivity index (χ4n) is 3.09. The fourth-order valence-corrected chi connectivity index (χ4v) is 4.18. The molecule has 1 saturated carbocycles. The van der Waals surface area contributed by atoms with Gasteiger partial charge in [-0.3, -0.25) is 4.79 Å². The van der Waals surface area contributed by atoms with Crippen LogP contribution in [0.5, 0.6) is 0 Å². The zero-order valence-corrected chi connectivity index (χ0v) is 15.8. The van der Waals surface area contributed by atoms with E-state index in [2.05, 4.69) is 32.3 Å². The van der Waals surface area contributed by atoms with E-state index in [1.54, 1.807) is 0 Å². The maximum Gasteiger partial charge on any atom is 0.246 e. The Balaban J connectivity index is 1.81. The molecule has 1 aliphatic carbocycles. The topological polar surface area (TPSA) is 65.8 Å². The van der Waals surface area contributed by atoms with Crippen LogP contribution in [-0.4, -0.2) is 10.9 Å². The molecule has 1 aromatic heterocycles. The number of nitrogens with one attached hydrogen (secondary N) is 1. The van der Waals surface area contributed by atoms with Crippen LogP contribution in [0.25, 0.3) is 11.3 Å². The molecule has 1 amide bonds. The van der Waals surface area contributed by atoms with Crippen molar-refractivity contribution in [1.29, 1.82) is 5.26 Å². The van der Waals surface area contributed by atoms with E-state index in [0.717, 1.165) is 39.9 Å². The van der Waals surface area contributed by atoms with Crippen LogP contribution in [0, 0.1) is 23.7 Å². The van der Waals surface area contributed by atoms with Gasteiger partial charge in [-0.25, -0.2) is 4.98 Å². The number of aryl methyl sites for hydroxylation is 1. The number of hydrogen-bond acceptors (Lipinski definition) is 4. The van der Waals surface area contributed by atoms with Gasteiger partial charge in [-0.1, -0.05) is 47.3 Å². The van der Waals surface area contributed by atoms with Gasteiger partial charge in [-0.15, -0.1) is 11.3 Å². The van der Waals surface area contributed by atoms with Gasteiger partial charge < -0.3 is 5.32 Å². The molecule has 0 aliphatic heterocycles. The van der Waals surface area contributed by atoms with E-state index < -0.39 is 5.41 Å². The lowest BCUT2D eigenvalue weighted by Gasteiger charge is -2.28. The van der Waals surface area contributed by atoms with Crippen LogP contribution in [0.1, 0.15) is 37.0 Å². The lowest BCUT2D eigenvalue weighted by molar-refractivity contribution is -0.124. The molecule has 24 heavy (non-hydrogen) atoms. The Morgan fingerprint density at radius 2 is 1.96 bits per heavy atom. The maximum absolute atomic E-state index is 12.6. The van der Waals surface area contributed by atoms with Crippen LogP contribution in [0.3, 0.4) is 0 Å². The number of aromatic nitrogens is 1. The minimum Gasteiger partial charge on any atom is -0.301 e. The molecule has 0 saturated heterocycles. The Morgan fingerprint density at radius 1 is 1.29 bits per heavy atom. The molecule has 2 aromatic rings. The summed E-state index contributed by atoms with van der Waals surface area (Å²) in [5.74, 6) is -0.208. The second-order valence-corrected chi connectivity index (χ2v) is 8.26. The van der Waals surface area contributed by atoms with Gasteiger partial charge in [0.05, 0.1) is 11.8 Å². The predicted octanol–water partition coefficient (Wildman–Crippen LogP) is 5.29. The van der Waals surface area contributed by atoms with Crippen molar-refractivity contribution < 1.29 is 4.79 Å². The summed E-state index contributed by atoms with van der Waals surface area (Å²) >= 11 is 4.88. The first-order chi connectivity index (χ1) is 11.5. The number of halogens is 1. The van der Waals surface area contributed by atoms with E-state index >= 15 is 0 Å². The molecule has 1 aromatic carbocycles. The third kappa shape index (κ3) is 3.38. The molecule has 124 valence electrons. The summed E-state index contributed by atoms with van der Waals surface area (Å²) in [5.41, 5.74) is 0.993. The molecule has 6 heteroatoms. The van der Waals surface area contributed by atoms with Gasteiger partial charge in [-0.05, 0) is 31.9 Å². The first kappa shape index (κ1) is 17.1. The van der Waals surface area contributed by atoms with Crippen molar-refractivity contribution in [3.05, 3.63) is 33.6 Å². The molecule has 3 rings (SSSR count). The van der Waals surface area contributed by atoms with Crippen molar-refractivity contribution >= 4 is 38.3 Å². The number of carbonyl (C=O) groups is 1. The standard InChI is InChI=1S/C18H18BrN3OS/c1-12-15(13-5-7-14(19)8-6-13)21-17(24-12)22-16(23)18(11-20)9-3-2-4-10-18/h5-8H,2-4,9-10H2,1H3,(H,21,22,23). The predicted molar refractivity (Wildman–Crippen MR) is 99.7 cm³/mol. The molecule has 1 aliphatic rings. The zero-order valence-electron chi connectivity index (χ0n) is 13.4. The fraction of sp³-hybridized carbons (Fsp3) is 0.389. The second-order valence-electron chi connectivity index (χ2n) is 6.14. The lowest BCUT2D eigenvalue weighted by atomic mass is 9.74. The Morgan fingerprint density at radius 3 is 2.58 bits per heavy atom. The quantitative estimate of drug-likeness (QED) is 0.756. The first-order valence-corrected chi connectivity index (χ1v) is 9.61. The Kier molecular flexibility index (Phi) is 5.02. The highest BCUT2D eigenvalue weighted by molar-refractivity contribution is 9.10. The van der Waals surface area contributed by atoms with Crippen LogP contribution in [-0.2, 0) is 4.79 Å².